The van der Waals surface area contributed by atoms with E-state index in [2.05, 4.69) is 10.4 Å². The molecular formula is C25H23ClFN5O3. The van der Waals surface area contributed by atoms with E-state index in [1.54, 1.807) is 10.7 Å². The van der Waals surface area contributed by atoms with Gasteiger partial charge in [-0.05, 0) is 42.8 Å². The fraction of sp³-hybridized carbons (Fsp3) is 0.240. The van der Waals surface area contributed by atoms with Crippen LogP contribution in [-0.2, 0) is 6.54 Å². The predicted octanol–water partition coefficient (Wildman–Crippen LogP) is 3.26. The normalized spacial score (nSPS) is 14.4. The van der Waals surface area contributed by atoms with Gasteiger partial charge in [0, 0.05) is 18.2 Å². The first kappa shape index (κ1) is 23.2. The second-order valence-corrected chi connectivity index (χ2v) is 9.19. The van der Waals surface area contributed by atoms with Crippen LogP contribution in [0.2, 0.25) is 5.02 Å². The second-order valence-electron chi connectivity index (χ2n) is 8.78. The third kappa shape index (κ3) is 4.01. The average Bonchev–Trinajstić information content (AvgIpc) is 3.22. The number of hydrogen-bond acceptors (Lipinski definition) is 6. The van der Waals surface area contributed by atoms with Gasteiger partial charge in [-0.15, -0.1) is 0 Å². The monoisotopic (exact) mass is 495 g/mol. The summed E-state index contributed by atoms with van der Waals surface area (Å²) in [4.78, 5) is 12.7. The standard InChI is InChI=1S/C25H23ClFN5O3/c1-15-4-2-3-5-20(15)32-21(35)9-8-19(29-32)22-23(17-7-6-16(27)10-18(17)26)30-31-12-25(13-33,14-34)11-28-24(22)31/h2-10,28,33-34H,11-14H2,1H3. The summed E-state index contributed by atoms with van der Waals surface area (Å²) in [6, 6.07) is 14.5. The Kier molecular flexibility index (Phi) is 5.92. The summed E-state index contributed by atoms with van der Waals surface area (Å²) in [5.41, 5.74) is 2.38. The van der Waals surface area contributed by atoms with Crippen LogP contribution >= 0.6 is 11.6 Å². The fourth-order valence-corrected chi connectivity index (χ4v) is 4.55. The van der Waals surface area contributed by atoms with Crippen LogP contribution in [-0.4, -0.2) is 49.5 Å². The average molecular weight is 496 g/mol. The van der Waals surface area contributed by atoms with E-state index < -0.39 is 11.2 Å². The minimum Gasteiger partial charge on any atom is -0.396 e. The molecule has 0 spiro atoms. The maximum Gasteiger partial charge on any atom is 0.271 e. The van der Waals surface area contributed by atoms with Crippen molar-refractivity contribution in [2.45, 2.75) is 13.5 Å². The van der Waals surface area contributed by atoms with Gasteiger partial charge in [0.15, 0.2) is 0 Å². The molecule has 0 fully saturated rings. The van der Waals surface area contributed by atoms with Crippen LogP contribution in [0.4, 0.5) is 10.2 Å². The number of hydrogen-bond donors (Lipinski definition) is 3. The van der Waals surface area contributed by atoms with Crippen molar-refractivity contribution >= 4 is 17.4 Å². The highest BCUT2D eigenvalue weighted by molar-refractivity contribution is 6.33. The third-order valence-electron chi connectivity index (χ3n) is 6.33. The minimum atomic E-state index is -0.812. The van der Waals surface area contributed by atoms with Crippen LogP contribution in [0.25, 0.3) is 28.2 Å². The van der Waals surface area contributed by atoms with E-state index in [0.29, 0.717) is 40.6 Å². The Balaban J connectivity index is 1.75. The Bertz CT molecular complexity index is 1480. The third-order valence-corrected chi connectivity index (χ3v) is 6.64. The number of anilines is 1. The first-order valence-electron chi connectivity index (χ1n) is 11.0. The summed E-state index contributed by atoms with van der Waals surface area (Å²) < 4.78 is 16.8. The summed E-state index contributed by atoms with van der Waals surface area (Å²) in [5, 5.41) is 32.6. The van der Waals surface area contributed by atoms with Crippen LogP contribution < -0.4 is 10.9 Å². The van der Waals surface area contributed by atoms with Crippen LogP contribution in [0.15, 0.2) is 59.4 Å². The molecule has 0 radical (unpaired) electrons. The molecule has 8 nitrogen and oxygen atoms in total. The molecule has 0 amide bonds. The number of halogens is 2. The molecule has 5 rings (SSSR count). The van der Waals surface area contributed by atoms with Gasteiger partial charge in [0.05, 0.1) is 47.1 Å². The molecule has 3 heterocycles. The Labute approximate surface area is 205 Å². The number of fused-ring (bicyclic) bond motifs is 1. The molecule has 180 valence electrons. The lowest BCUT2D eigenvalue weighted by Crippen LogP contribution is -2.45. The molecule has 10 heteroatoms. The van der Waals surface area contributed by atoms with Gasteiger partial charge in [0.1, 0.15) is 17.3 Å². The van der Waals surface area contributed by atoms with E-state index >= 15 is 0 Å². The Morgan fingerprint density at radius 3 is 2.60 bits per heavy atom. The zero-order chi connectivity index (χ0) is 24.7. The Morgan fingerprint density at radius 1 is 1.11 bits per heavy atom. The summed E-state index contributed by atoms with van der Waals surface area (Å²) >= 11 is 6.41. The maximum absolute atomic E-state index is 13.8. The number of benzene rings is 2. The number of aliphatic hydroxyl groups is 2. The zero-order valence-electron chi connectivity index (χ0n) is 18.9. The molecule has 1 aliphatic rings. The molecule has 0 bridgehead atoms. The summed E-state index contributed by atoms with van der Waals surface area (Å²) in [5.74, 6) is 0.119. The lowest BCUT2D eigenvalue weighted by molar-refractivity contribution is 0.0428. The van der Waals surface area contributed by atoms with Crippen molar-refractivity contribution in [2.75, 3.05) is 25.1 Å². The lowest BCUT2D eigenvalue weighted by Gasteiger charge is -2.35. The number of aliphatic hydroxyl groups excluding tert-OH is 2. The van der Waals surface area contributed by atoms with Gasteiger partial charge >= 0.3 is 0 Å². The lowest BCUT2D eigenvalue weighted by atomic mass is 9.88. The topological polar surface area (TPSA) is 105 Å². The highest BCUT2D eigenvalue weighted by Gasteiger charge is 2.37. The van der Waals surface area contributed by atoms with Gasteiger partial charge in [0.2, 0.25) is 0 Å². The van der Waals surface area contributed by atoms with E-state index in [9.17, 15) is 19.4 Å². The molecule has 4 aromatic rings. The number of nitrogens with zero attached hydrogens (tertiary/aromatic N) is 4. The summed E-state index contributed by atoms with van der Waals surface area (Å²) in [6.07, 6.45) is 0. The molecular weight excluding hydrogens is 473 g/mol. The molecule has 0 saturated carbocycles. The Morgan fingerprint density at radius 2 is 1.89 bits per heavy atom. The van der Waals surface area contributed by atoms with Crippen LogP contribution in [0.1, 0.15) is 5.56 Å². The van der Waals surface area contributed by atoms with Gasteiger partial charge in [0.25, 0.3) is 5.56 Å². The van der Waals surface area contributed by atoms with Crippen LogP contribution in [0.3, 0.4) is 0 Å². The molecule has 0 unspecified atom stereocenters. The quantitative estimate of drug-likeness (QED) is 0.392. The van der Waals surface area contributed by atoms with Gasteiger partial charge in [-0.25, -0.2) is 9.07 Å². The SMILES string of the molecule is Cc1ccccc1-n1nc(-c2c(-c3ccc(F)cc3Cl)nn3c2NCC(CO)(CO)C3)ccc1=O. The van der Waals surface area contributed by atoms with Gasteiger partial charge < -0.3 is 15.5 Å². The van der Waals surface area contributed by atoms with E-state index in [4.69, 9.17) is 16.7 Å². The number of rotatable bonds is 5. The number of aromatic nitrogens is 4. The number of nitrogens with one attached hydrogen (secondary N) is 1. The van der Waals surface area contributed by atoms with Crippen LogP contribution in [0, 0.1) is 18.2 Å². The number of aryl methyl sites for hydroxylation is 1. The second kappa shape index (κ2) is 8.92. The highest BCUT2D eigenvalue weighted by atomic mass is 35.5. The first-order valence-corrected chi connectivity index (χ1v) is 11.4. The van der Waals surface area contributed by atoms with E-state index in [1.807, 2.05) is 31.2 Å². The molecule has 2 aromatic heterocycles. The van der Waals surface area contributed by atoms with E-state index in [1.165, 1.54) is 28.9 Å². The first-order chi connectivity index (χ1) is 16.9. The molecule has 0 saturated heterocycles. The molecule has 35 heavy (non-hydrogen) atoms. The van der Waals surface area contributed by atoms with Gasteiger partial charge in [-0.1, -0.05) is 29.8 Å². The zero-order valence-corrected chi connectivity index (χ0v) is 19.6. The van der Waals surface area contributed by atoms with Crippen molar-refractivity contribution in [1.29, 1.82) is 0 Å². The largest absolute Gasteiger partial charge is 0.396 e. The van der Waals surface area contributed by atoms with E-state index in [0.717, 1.165) is 5.56 Å². The molecule has 3 N–H and O–H groups in total. The summed E-state index contributed by atoms with van der Waals surface area (Å²) in [6.45, 7) is 1.95. The van der Waals surface area contributed by atoms with Crippen molar-refractivity contribution in [2.24, 2.45) is 5.41 Å². The van der Waals surface area contributed by atoms with Crippen molar-refractivity contribution < 1.29 is 14.6 Å². The molecule has 0 aliphatic carbocycles. The van der Waals surface area contributed by atoms with Gasteiger partial charge in [-0.2, -0.15) is 14.9 Å². The molecule has 0 atom stereocenters. The van der Waals surface area contributed by atoms with E-state index in [-0.39, 0.29) is 30.3 Å². The highest BCUT2D eigenvalue weighted by Crippen LogP contribution is 2.42. The Hall–Kier alpha value is -3.53. The van der Waals surface area contributed by atoms with Gasteiger partial charge in [-0.3, -0.25) is 4.79 Å². The van der Waals surface area contributed by atoms with Crippen molar-refractivity contribution in [3.05, 3.63) is 81.4 Å². The maximum atomic E-state index is 13.8. The number of para-hydroxylation sites is 1. The fourth-order valence-electron chi connectivity index (χ4n) is 4.29. The predicted molar refractivity (Wildman–Crippen MR) is 131 cm³/mol. The van der Waals surface area contributed by atoms with Crippen molar-refractivity contribution in [1.82, 2.24) is 19.6 Å². The smallest absolute Gasteiger partial charge is 0.271 e. The van der Waals surface area contributed by atoms with Crippen molar-refractivity contribution in [3.8, 4) is 28.2 Å². The van der Waals surface area contributed by atoms with Crippen LogP contribution in [0.5, 0.6) is 0 Å². The molecule has 1 aliphatic heterocycles. The summed E-state index contributed by atoms with van der Waals surface area (Å²) in [7, 11) is 0. The minimum absolute atomic E-state index is 0.171. The van der Waals surface area contributed by atoms with Crippen molar-refractivity contribution in [3.63, 3.8) is 0 Å². The molecule has 2 aromatic carbocycles.